The number of carbonyl (C=O) groups excluding carboxylic acids is 1. The van der Waals surface area contributed by atoms with Crippen LogP contribution in [0.25, 0.3) is 11.3 Å². The molecule has 1 aliphatic rings. The normalized spacial score (nSPS) is 19.6. The van der Waals surface area contributed by atoms with E-state index in [-0.39, 0.29) is 11.9 Å². The van der Waals surface area contributed by atoms with Gasteiger partial charge in [-0.3, -0.25) is 4.79 Å². The van der Waals surface area contributed by atoms with Crippen LogP contribution in [0.1, 0.15) is 60.1 Å². The minimum Gasteiger partial charge on any atom is -0.496 e. The average Bonchev–Trinajstić information content (AvgIpc) is 3.21. The summed E-state index contributed by atoms with van der Waals surface area (Å²) in [5.41, 5.74) is 4.79. The fourth-order valence-electron chi connectivity index (χ4n) is 4.91. The fourth-order valence-corrected chi connectivity index (χ4v) is 4.91. The van der Waals surface area contributed by atoms with Gasteiger partial charge in [-0.1, -0.05) is 42.5 Å². The summed E-state index contributed by atoms with van der Waals surface area (Å²) in [7, 11) is 1.65. The number of H-pyrrole nitrogens is 1. The average molecular weight is 417 g/mol. The van der Waals surface area contributed by atoms with Crippen molar-refractivity contribution in [2.75, 3.05) is 7.11 Å². The van der Waals surface area contributed by atoms with Crippen LogP contribution in [0.2, 0.25) is 0 Å². The van der Waals surface area contributed by atoms with Gasteiger partial charge in [-0.25, -0.2) is 0 Å². The highest BCUT2D eigenvalue weighted by Gasteiger charge is 2.28. The van der Waals surface area contributed by atoms with Crippen molar-refractivity contribution < 1.29 is 9.53 Å². The third-order valence-electron chi connectivity index (χ3n) is 6.68. The lowest BCUT2D eigenvalue weighted by atomic mass is 9.76. The topological polar surface area (TPSA) is 54.1 Å². The molecule has 1 aromatic heterocycles. The molecule has 4 nitrogen and oxygen atoms in total. The number of aromatic nitrogens is 1. The van der Waals surface area contributed by atoms with Crippen LogP contribution in [0.5, 0.6) is 5.75 Å². The molecule has 2 aromatic carbocycles. The number of benzene rings is 2. The van der Waals surface area contributed by atoms with Crippen molar-refractivity contribution >= 4 is 5.91 Å². The molecule has 4 heteroatoms. The molecule has 1 atom stereocenters. The van der Waals surface area contributed by atoms with Gasteiger partial charge >= 0.3 is 0 Å². The molecule has 162 valence electrons. The lowest BCUT2D eigenvalue weighted by Gasteiger charge is -2.33. The molecule has 4 rings (SSSR count). The van der Waals surface area contributed by atoms with Gasteiger partial charge in [0.1, 0.15) is 5.75 Å². The SMILES string of the molecule is COc1ccccc1-c1[nH]c(C)cc1C(=O)N[C@H](C)C1CCC(c2ccccc2)CC1. The quantitative estimate of drug-likeness (QED) is 0.511. The highest BCUT2D eigenvalue weighted by Crippen LogP contribution is 2.37. The molecule has 1 heterocycles. The second-order valence-corrected chi connectivity index (χ2v) is 8.73. The smallest absolute Gasteiger partial charge is 0.253 e. The Hall–Kier alpha value is -3.01. The van der Waals surface area contributed by atoms with Crippen LogP contribution in [0.15, 0.2) is 60.7 Å². The van der Waals surface area contributed by atoms with Crippen molar-refractivity contribution in [1.29, 1.82) is 0 Å². The predicted molar refractivity (Wildman–Crippen MR) is 126 cm³/mol. The van der Waals surface area contributed by atoms with E-state index in [1.54, 1.807) is 7.11 Å². The van der Waals surface area contributed by atoms with E-state index < -0.39 is 0 Å². The van der Waals surface area contributed by atoms with Crippen LogP contribution in [0.3, 0.4) is 0 Å². The summed E-state index contributed by atoms with van der Waals surface area (Å²) in [6, 6.07) is 20.7. The van der Waals surface area contributed by atoms with Crippen LogP contribution in [0, 0.1) is 12.8 Å². The number of para-hydroxylation sites is 1. The van der Waals surface area contributed by atoms with Crippen LogP contribution in [0.4, 0.5) is 0 Å². The highest BCUT2D eigenvalue weighted by atomic mass is 16.5. The minimum atomic E-state index is -0.0251. The van der Waals surface area contributed by atoms with E-state index in [1.807, 2.05) is 37.3 Å². The number of ether oxygens (including phenoxy) is 1. The summed E-state index contributed by atoms with van der Waals surface area (Å²) in [5.74, 6) is 1.89. The fraction of sp³-hybridized carbons (Fsp3) is 0.370. The second-order valence-electron chi connectivity index (χ2n) is 8.73. The zero-order valence-corrected chi connectivity index (χ0v) is 18.7. The Balaban J connectivity index is 1.43. The maximum atomic E-state index is 13.2. The van der Waals surface area contributed by atoms with E-state index in [4.69, 9.17) is 4.74 Å². The molecule has 1 amide bonds. The summed E-state index contributed by atoms with van der Waals surface area (Å²) in [5, 5.41) is 3.28. The molecule has 1 saturated carbocycles. The Labute approximate surface area is 185 Å². The van der Waals surface area contributed by atoms with Crippen molar-refractivity contribution in [2.24, 2.45) is 5.92 Å². The molecule has 0 spiro atoms. The van der Waals surface area contributed by atoms with E-state index >= 15 is 0 Å². The maximum absolute atomic E-state index is 13.2. The van der Waals surface area contributed by atoms with Gasteiger partial charge in [0.2, 0.25) is 0 Å². The molecule has 3 aromatic rings. The third-order valence-corrected chi connectivity index (χ3v) is 6.68. The molecule has 31 heavy (non-hydrogen) atoms. The van der Waals surface area contributed by atoms with Gasteiger partial charge in [-0.2, -0.15) is 0 Å². The van der Waals surface area contributed by atoms with E-state index in [0.29, 0.717) is 17.4 Å². The molecule has 0 radical (unpaired) electrons. The van der Waals surface area contributed by atoms with E-state index in [9.17, 15) is 4.79 Å². The summed E-state index contributed by atoms with van der Waals surface area (Å²) >= 11 is 0. The Morgan fingerprint density at radius 1 is 1.03 bits per heavy atom. The number of amides is 1. The standard InChI is InChI=1S/C27H32N2O2/c1-18-17-24(26(28-18)23-11-7-8-12-25(23)31-3)27(30)29-19(2)20-13-15-22(16-14-20)21-9-5-4-6-10-21/h4-12,17,19-20,22,28H,13-16H2,1-3H3,(H,29,30)/t19-,20?,22?/m1/s1. The largest absolute Gasteiger partial charge is 0.496 e. The Morgan fingerprint density at radius 3 is 2.42 bits per heavy atom. The summed E-state index contributed by atoms with van der Waals surface area (Å²) in [6.07, 6.45) is 4.66. The molecule has 0 aliphatic heterocycles. The van der Waals surface area contributed by atoms with Crippen LogP contribution >= 0.6 is 0 Å². The van der Waals surface area contributed by atoms with Gasteiger partial charge in [-0.15, -0.1) is 0 Å². The Kier molecular flexibility index (Phi) is 6.45. The summed E-state index contributed by atoms with van der Waals surface area (Å²) < 4.78 is 5.51. The first-order valence-corrected chi connectivity index (χ1v) is 11.3. The second kappa shape index (κ2) is 9.42. The first-order chi connectivity index (χ1) is 15.1. The van der Waals surface area contributed by atoms with E-state index in [1.165, 1.54) is 18.4 Å². The van der Waals surface area contributed by atoms with Crippen LogP contribution in [-0.4, -0.2) is 24.0 Å². The molecular weight excluding hydrogens is 384 g/mol. The lowest BCUT2D eigenvalue weighted by Crippen LogP contribution is -2.39. The van der Waals surface area contributed by atoms with Crippen LogP contribution in [-0.2, 0) is 0 Å². The molecular formula is C27H32N2O2. The van der Waals surface area contributed by atoms with E-state index in [2.05, 4.69) is 47.6 Å². The third kappa shape index (κ3) is 4.68. The van der Waals surface area contributed by atoms with Crippen LogP contribution < -0.4 is 10.1 Å². The molecule has 0 saturated heterocycles. The van der Waals surface area contributed by atoms with Gasteiger partial charge in [-0.05, 0) is 75.1 Å². The molecule has 1 aliphatic carbocycles. The van der Waals surface area contributed by atoms with Gasteiger partial charge in [0.25, 0.3) is 5.91 Å². The molecule has 2 N–H and O–H groups in total. The summed E-state index contributed by atoms with van der Waals surface area (Å²) in [4.78, 5) is 16.6. The zero-order valence-electron chi connectivity index (χ0n) is 18.7. The Bertz CT molecular complexity index is 1020. The van der Waals surface area contributed by atoms with E-state index in [0.717, 1.165) is 35.5 Å². The highest BCUT2D eigenvalue weighted by molar-refractivity contribution is 6.01. The number of aryl methyl sites for hydroxylation is 1. The number of carbonyl (C=O) groups is 1. The Morgan fingerprint density at radius 2 is 1.71 bits per heavy atom. The van der Waals surface area contributed by atoms with Gasteiger partial charge < -0.3 is 15.0 Å². The molecule has 0 unspecified atom stereocenters. The predicted octanol–water partition coefficient (Wildman–Crippen LogP) is 6.09. The van der Waals surface area contributed by atoms with Crippen molar-refractivity contribution in [3.05, 3.63) is 77.5 Å². The van der Waals surface area contributed by atoms with Gasteiger partial charge in [0.15, 0.2) is 0 Å². The minimum absolute atomic E-state index is 0.0251. The number of hydrogen-bond donors (Lipinski definition) is 2. The molecule has 0 bridgehead atoms. The number of rotatable bonds is 6. The van der Waals surface area contributed by atoms with Gasteiger partial charge in [0, 0.05) is 17.3 Å². The monoisotopic (exact) mass is 416 g/mol. The zero-order chi connectivity index (χ0) is 21.8. The lowest BCUT2D eigenvalue weighted by molar-refractivity contribution is 0.0918. The number of aromatic amines is 1. The number of hydrogen-bond acceptors (Lipinski definition) is 2. The number of methoxy groups -OCH3 is 1. The maximum Gasteiger partial charge on any atom is 0.253 e. The van der Waals surface area contributed by atoms with Crippen molar-refractivity contribution in [3.63, 3.8) is 0 Å². The van der Waals surface area contributed by atoms with Crippen molar-refractivity contribution in [3.8, 4) is 17.0 Å². The molecule has 1 fully saturated rings. The van der Waals surface area contributed by atoms with Crippen molar-refractivity contribution in [1.82, 2.24) is 10.3 Å². The van der Waals surface area contributed by atoms with Gasteiger partial charge in [0.05, 0.1) is 18.4 Å². The first kappa shape index (κ1) is 21.2. The summed E-state index contributed by atoms with van der Waals surface area (Å²) in [6.45, 7) is 4.12. The van der Waals surface area contributed by atoms with Crippen molar-refractivity contribution in [2.45, 2.75) is 51.5 Å². The number of nitrogens with one attached hydrogen (secondary N) is 2. The first-order valence-electron chi connectivity index (χ1n) is 11.3.